The zero-order chi connectivity index (χ0) is 4.99. The molecular weight excluding hydrogens is 82.0 g/mol. The molecule has 3 heteroatoms. The van der Waals surface area contributed by atoms with E-state index in [9.17, 15) is 4.79 Å². The average Bonchev–Trinajstić information content (AvgIpc) is 1.35. The molecule has 0 aromatic rings. The van der Waals surface area contributed by atoms with Crippen molar-refractivity contribution >= 4 is 5.97 Å². The van der Waals surface area contributed by atoms with Gasteiger partial charge >= 0.3 is 5.97 Å². The summed E-state index contributed by atoms with van der Waals surface area (Å²) in [6, 6.07) is 0. The van der Waals surface area contributed by atoms with Crippen LogP contribution in [0.4, 0.5) is 0 Å². The molecule has 0 aliphatic carbocycles. The molecule has 6 heavy (non-hydrogen) atoms. The van der Waals surface area contributed by atoms with E-state index in [4.69, 9.17) is 5.11 Å². The Balaban J connectivity index is 2.83. The second kappa shape index (κ2) is 2.66. The van der Waals surface area contributed by atoms with E-state index in [2.05, 4.69) is 7.05 Å². The molecule has 0 aliphatic heterocycles. The van der Waals surface area contributed by atoms with Gasteiger partial charge in [0.1, 0.15) is 0 Å². The fraction of sp³-hybridized carbons (Fsp3) is 0.333. The van der Waals surface area contributed by atoms with Gasteiger partial charge in [-0.3, -0.25) is 0 Å². The Hall–Kier alpha value is -0.570. The predicted molar refractivity (Wildman–Crippen MR) is 19.8 cm³/mol. The predicted octanol–water partition coefficient (Wildman–Crippen LogP) is -1.57. The first-order valence-electron chi connectivity index (χ1n) is 1.60. The summed E-state index contributed by atoms with van der Waals surface area (Å²) in [6.45, 7) is 0.0556. The molecule has 0 rings (SSSR count). The summed E-state index contributed by atoms with van der Waals surface area (Å²) in [5.41, 5.74) is 0. The Kier molecular flexibility index (Phi) is 2.40. The fourth-order valence-corrected chi connectivity index (χ4v) is 0.123. The van der Waals surface area contributed by atoms with E-state index in [-0.39, 0.29) is 6.54 Å². The first kappa shape index (κ1) is 5.43. The second-order valence-corrected chi connectivity index (χ2v) is 0.887. The van der Waals surface area contributed by atoms with Gasteiger partial charge in [-0.1, -0.05) is 0 Å². The average molecular weight is 89.1 g/mol. The van der Waals surface area contributed by atoms with Crippen molar-refractivity contribution in [3.8, 4) is 0 Å². The molecule has 0 radical (unpaired) electrons. The van der Waals surface area contributed by atoms with Crippen LogP contribution in [0, 0.1) is 7.05 Å². The van der Waals surface area contributed by atoms with Gasteiger partial charge in [-0.05, 0) is 0 Å². The summed E-state index contributed by atoms with van der Waals surface area (Å²) in [5.74, 6) is -0.829. The van der Waals surface area contributed by atoms with Crippen LogP contribution in [0.5, 0.6) is 0 Å². The molecule has 0 aliphatic rings. The quantitative estimate of drug-likeness (QED) is 0.401. The summed E-state index contributed by atoms with van der Waals surface area (Å²) < 4.78 is 0. The number of carboxylic acids is 1. The second-order valence-electron chi connectivity index (χ2n) is 0.887. The summed E-state index contributed by atoms with van der Waals surface area (Å²) in [5, 5.41) is 9.19. The molecule has 0 atom stereocenters. The number of hydrogen-bond acceptors (Lipinski definition) is 1. The number of quaternary nitrogens is 1. The Morgan fingerprint density at radius 1 is 2.00 bits per heavy atom. The lowest BCUT2D eigenvalue weighted by atomic mass is 10.7. The topological polar surface area (TPSA) is 53.9 Å². The van der Waals surface area contributed by atoms with E-state index in [1.54, 1.807) is 0 Å². The summed E-state index contributed by atoms with van der Waals surface area (Å²) in [7, 11) is 3.22. The first-order chi connectivity index (χ1) is 2.77. The zero-order valence-electron chi connectivity index (χ0n) is 3.35. The van der Waals surface area contributed by atoms with E-state index in [0.717, 1.165) is 0 Å². The number of carbonyl (C=O) groups is 1. The van der Waals surface area contributed by atoms with Crippen molar-refractivity contribution in [2.45, 2.75) is 0 Å². The Morgan fingerprint density at radius 3 is 2.50 bits per heavy atom. The molecule has 36 valence electrons. The standard InChI is InChI=1S/C3H7NO2/c1-4-2-3(5)6/h1-2,4H2,(H,5,6). The smallest absolute Gasteiger partial charge is 0.356 e. The minimum Gasteiger partial charge on any atom is -0.477 e. The van der Waals surface area contributed by atoms with Crippen molar-refractivity contribution in [3.63, 3.8) is 0 Å². The normalized spacial score (nSPS) is 8.17. The van der Waals surface area contributed by atoms with Crippen LogP contribution in [0.3, 0.4) is 0 Å². The van der Waals surface area contributed by atoms with Crippen LogP contribution in [-0.4, -0.2) is 17.6 Å². The molecule has 0 spiro atoms. The SMILES string of the molecule is [CH2-][NH2+]CC(=O)O. The van der Waals surface area contributed by atoms with Gasteiger partial charge < -0.3 is 10.4 Å². The van der Waals surface area contributed by atoms with Gasteiger partial charge in [-0.15, -0.1) is 0 Å². The number of aliphatic carboxylic acids is 1. The van der Waals surface area contributed by atoms with E-state index >= 15 is 0 Å². The zero-order valence-corrected chi connectivity index (χ0v) is 3.35. The monoisotopic (exact) mass is 89.0 g/mol. The van der Waals surface area contributed by atoms with Gasteiger partial charge in [0.05, 0.1) is 0 Å². The number of nitrogens with two attached hydrogens (primary N) is 1. The number of rotatable bonds is 2. The molecule has 0 unspecified atom stereocenters. The Bertz CT molecular complexity index is 52.8. The Labute approximate surface area is 36.0 Å². The molecule has 3 N–H and O–H groups in total. The lowest BCUT2D eigenvalue weighted by Crippen LogP contribution is -2.78. The van der Waals surface area contributed by atoms with Crippen LogP contribution < -0.4 is 5.32 Å². The molecule has 0 fully saturated rings. The van der Waals surface area contributed by atoms with Gasteiger partial charge in [0, 0.05) is 0 Å². The van der Waals surface area contributed by atoms with Gasteiger partial charge in [0.2, 0.25) is 0 Å². The highest BCUT2D eigenvalue weighted by atomic mass is 16.4. The molecule has 0 amide bonds. The molecule has 0 aromatic heterocycles. The summed E-state index contributed by atoms with van der Waals surface area (Å²) in [4.78, 5) is 9.53. The van der Waals surface area contributed by atoms with Crippen LogP contribution in [0.1, 0.15) is 0 Å². The third kappa shape index (κ3) is 3.43. The van der Waals surface area contributed by atoms with E-state index < -0.39 is 5.97 Å². The van der Waals surface area contributed by atoms with Crippen LogP contribution >= 0.6 is 0 Å². The van der Waals surface area contributed by atoms with E-state index in [1.807, 2.05) is 0 Å². The van der Waals surface area contributed by atoms with Crippen molar-refractivity contribution < 1.29 is 15.2 Å². The molecule has 0 aromatic carbocycles. The molecule has 0 heterocycles. The van der Waals surface area contributed by atoms with Crippen molar-refractivity contribution in [1.29, 1.82) is 0 Å². The van der Waals surface area contributed by atoms with Crippen molar-refractivity contribution in [1.82, 2.24) is 0 Å². The van der Waals surface area contributed by atoms with Gasteiger partial charge in [0.15, 0.2) is 6.54 Å². The molecule has 0 saturated heterocycles. The maximum Gasteiger partial charge on any atom is 0.356 e. The van der Waals surface area contributed by atoms with Crippen molar-refractivity contribution in [3.05, 3.63) is 7.05 Å². The van der Waals surface area contributed by atoms with Crippen LogP contribution in [0.2, 0.25) is 0 Å². The number of carboxylic acid groups (broad SMARTS) is 1. The highest BCUT2D eigenvalue weighted by Crippen LogP contribution is 1.43. The fourth-order valence-electron chi connectivity index (χ4n) is 0.123. The molecule has 0 bridgehead atoms. The van der Waals surface area contributed by atoms with E-state index in [0.29, 0.717) is 0 Å². The summed E-state index contributed by atoms with van der Waals surface area (Å²) in [6.07, 6.45) is 0. The van der Waals surface area contributed by atoms with Gasteiger partial charge in [-0.2, -0.15) is 7.05 Å². The number of hydrogen-bond donors (Lipinski definition) is 2. The minimum absolute atomic E-state index is 0.0556. The largest absolute Gasteiger partial charge is 0.477 e. The van der Waals surface area contributed by atoms with Gasteiger partial charge in [0.25, 0.3) is 0 Å². The highest BCUT2D eigenvalue weighted by Gasteiger charge is 1.87. The molecular formula is C3H7NO2. The first-order valence-corrected chi connectivity index (χ1v) is 1.60. The lowest BCUT2D eigenvalue weighted by Gasteiger charge is -1.88. The Morgan fingerprint density at radius 2 is 2.50 bits per heavy atom. The maximum absolute atomic E-state index is 9.53. The van der Waals surface area contributed by atoms with E-state index in [1.165, 1.54) is 5.32 Å². The van der Waals surface area contributed by atoms with Crippen LogP contribution in [-0.2, 0) is 4.79 Å². The van der Waals surface area contributed by atoms with Crippen molar-refractivity contribution in [2.75, 3.05) is 6.54 Å². The van der Waals surface area contributed by atoms with Crippen LogP contribution in [0.25, 0.3) is 0 Å². The highest BCUT2D eigenvalue weighted by molar-refractivity contribution is 5.67. The van der Waals surface area contributed by atoms with Crippen molar-refractivity contribution in [2.24, 2.45) is 0 Å². The minimum atomic E-state index is -0.829. The third-order valence-corrected chi connectivity index (χ3v) is 0.319. The molecule has 3 nitrogen and oxygen atoms in total. The van der Waals surface area contributed by atoms with Gasteiger partial charge in [-0.25, -0.2) is 4.79 Å². The maximum atomic E-state index is 9.53. The lowest BCUT2D eigenvalue weighted by molar-refractivity contribution is -0.585. The third-order valence-electron chi connectivity index (χ3n) is 0.319. The molecule has 0 saturated carbocycles. The summed E-state index contributed by atoms with van der Waals surface area (Å²) >= 11 is 0. The van der Waals surface area contributed by atoms with Crippen LogP contribution in [0.15, 0.2) is 0 Å².